The molecular weight excluding hydrogens is 526 g/mol. The summed E-state index contributed by atoms with van der Waals surface area (Å²) in [5.74, 6) is -17.6. The molecule has 0 aromatic heterocycles. The van der Waals surface area contributed by atoms with E-state index in [0.717, 1.165) is 0 Å². The molecule has 20 heavy (non-hydrogen) atoms. The number of hydrogen-bond donors (Lipinski definition) is 0. The van der Waals surface area contributed by atoms with Crippen molar-refractivity contribution in [2.45, 2.75) is 44.9 Å². The summed E-state index contributed by atoms with van der Waals surface area (Å²) in [6.07, 6.45) is -0.0672. The van der Waals surface area contributed by atoms with Gasteiger partial charge < -0.3 is 0 Å². The number of alkyl halides is 10. The van der Waals surface area contributed by atoms with Crippen LogP contribution in [0.5, 0.6) is 0 Å². The quantitative estimate of drug-likeness (QED) is 0.153. The molecule has 0 N–H and O–H groups in total. The third-order valence-electron chi connectivity index (χ3n) is 2.37. The third-order valence-corrected chi connectivity index (χ3v) is 4.11. The first kappa shape index (κ1) is 20.6. The summed E-state index contributed by atoms with van der Waals surface area (Å²) in [5, 5.41) is 0. The molecule has 0 fully saturated rings. The summed E-state index contributed by atoms with van der Waals surface area (Å²) in [7, 11) is 0. The van der Waals surface area contributed by atoms with Gasteiger partial charge in [0.2, 0.25) is 0 Å². The SMILES string of the molecule is C=CCCC(I)CC(F)(F)C(F)(F)C(F)(F)C(F)(F)I. The molecule has 120 valence electrons. The minimum atomic E-state index is -6.15. The van der Waals surface area contributed by atoms with Gasteiger partial charge in [-0.2, -0.15) is 35.1 Å². The molecule has 0 heterocycles. The van der Waals surface area contributed by atoms with Crippen LogP contribution in [0.2, 0.25) is 0 Å². The van der Waals surface area contributed by atoms with Gasteiger partial charge in [-0.15, -0.1) is 6.58 Å². The molecule has 0 aliphatic rings. The third kappa shape index (κ3) is 4.32. The monoisotopic (exact) mass is 536 g/mol. The highest BCUT2D eigenvalue weighted by molar-refractivity contribution is 14.1. The van der Waals surface area contributed by atoms with E-state index >= 15 is 0 Å². The Bertz CT molecular complexity index is 337. The van der Waals surface area contributed by atoms with Gasteiger partial charge in [-0.3, -0.25) is 0 Å². The fourth-order valence-corrected chi connectivity index (χ4v) is 2.47. The van der Waals surface area contributed by atoms with Crippen LogP contribution in [0.25, 0.3) is 0 Å². The number of halogens is 10. The van der Waals surface area contributed by atoms with Crippen LogP contribution in [-0.4, -0.2) is 25.6 Å². The molecule has 0 aliphatic heterocycles. The van der Waals surface area contributed by atoms with Gasteiger partial charge in [0.05, 0.1) is 0 Å². The van der Waals surface area contributed by atoms with E-state index in [1.807, 2.05) is 0 Å². The lowest BCUT2D eigenvalue weighted by Crippen LogP contribution is -2.60. The van der Waals surface area contributed by atoms with Crippen LogP contribution in [0.15, 0.2) is 12.7 Å². The number of rotatable bonds is 8. The standard InChI is InChI=1S/C10H10F8I2/c1-2-3-4-6(19)5-7(11,12)8(13,14)9(15,16)10(17,18)20/h2,6H,1,3-5H2. The fourth-order valence-electron chi connectivity index (χ4n) is 1.21. The Morgan fingerprint density at radius 3 is 1.75 bits per heavy atom. The van der Waals surface area contributed by atoms with Crippen molar-refractivity contribution < 1.29 is 35.1 Å². The van der Waals surface area contributed by atoms with E-state index in [1.54, 1.807) is 0 Å². The van der Waals surface area contributed by atoms with Crippen molar-refractivity contribution in [3.05, 3.63) is 12.7 Å². The molecule has 1 atom stereocenters. The van der Waals surface area contributed by atoms with Crippen LogP contribution in [0, 0.1) is 0 Å². The molecule has 0 spiro atoms. The maximum Gasteiger partial charge on any atom is 0.387 e. The highest BCUT2D eigenvalue weighted by Gasteiger charge is 2.79. The summed E-state index contributed by atoms with van der Waals surface area (Å²) < 4.78 is 97.3. The molecule has 0 nitrogen and oxygen atoms in total. The average molecular weight is 536 g/mol. The molecule has 0 bridgehead atoms. The zero-order valence-electron chi connectivity index (χ0n) is 9.76. The Kier molecular flexibility index (Phi) is 7.03. The second-order valence-electron chi connectivity index (χ2n) is 4.02. The molecule has 0 saturated carbocycles. The van der Waals surface area contributed by atoms with E-state index in [4.69, 9.17) is 0 Å². The summed E-state index contributed by atoms with van der Waals surface area (Å²) in [6, 6.07) is 0. The molecule has 10 heteroatoms. The molecule has 0 saturated heterocycles. The highest BCUT2D eigenvalue weighted by atomic mass is 127. The van der Waals surface area contributed by atoms with E-state index in [2.05, 4.69) is 6.58 Å². The average Bonchev–Trinajstić information content (AvgIpc) is 2.23. The maximum atomic E-state index is 13.3. The maximum absolute atomic E-state index is 13.3. The lowest BCUT2D eigenvalue weighted by atomic mass is 9.99. The van der Waals surface area contributed by atoms with Crippen molar-refractivity contribution in [3.63, 3.8) is 0 Å². The minimum Gasteiger partial charge on any atom is -0.200 e. The van der Waals surface area contributed by atoms with E-state index in [-0.39, 0.29) is 35.4 Å². The molecular formula is C10H10F8I2. The highest BCUT2D eigenvalue weighted by Crippen LogP contribution is 2.56. The summed E-state index contributed by atoms with van der Waals surface area (Å²) >= 11 is 1.11. The molecule has 0 aromatic carbocycles. The zero-order valence-corrected chi connectivity index (χ0v) is 14.1. The van der Waals surface area contributed by atoms with Gasteiger partial charge in [0.1, 0.15) is 0 Å². The van der Waals surface area contributed by atoms with Crippen molar-refractivity contribution in [2.75, 3.05) is 0 Å². The topological polar surface area (TPSA) is 0 Å². The normalized spacial score (nSPS) is 16.1. The largest absolute Gasteiger partial charge is 0.387 e. The van der Waals surface area contributed by atoms with E-state index in [1.165, 1.54) is 28.7 Å². The first-order valence-electron chi connectivity index (χ1n) is 5.16. The van der Waals surface area contributed by atoms with Gasteiger partial charge in [-0.05, 0) is 12.8 Å². The van der Waals surface area contributed by atoms with Gasteiger partial charge in [-0.25, -0.2) is 0 Å². The van der Waals surface area contributed by atoms with Crippen molar-refractivity contribution in [2.24, 2.45) is 0 Å². The van der Waals surface area contributed by atoms with Crippen LogP contribution in [0.3, 0.4) is 0 Å². The van der Waals surface area contributed by atoms with Crippen LogP contribution in [0.4, 0.5) is 35.1 Å². The minimum absolute atomic E-state index is 0.00191. The summed E-state index contributed by atoms with van der Waals surface area (Å²) in [4.78, 5) is 0. The number of hydrogen-bond acceptors (Lipinski definition) is 0. The molecule has 0 aliphatic carbocycles. The lowest BCUT2D eigenvalue weighted by molar-refractivity contribution is -0.343. The Labute approximate surface area is 137 Å². The van der Waals surface area contributed by atoms with Crippen LogP contribution < -0.4 is 0 Å². The lowest BCUT2D eigenvalue weighted by Gasteiger charge is -2.35. The second kappa shape index (κ2) is 6.82. The van der Waals surface area contributed by atoms with E-state index in [9.17, 15) is 35.1 Å². The van der Waals surface area contributed by atoms with Gasteiger partial charge >= 0.3 is 21.7 Å². The Hall–Kier alpha value is 0.640. The Morgan fingerprint density at radius 2 is 1.40 bits per heavy atom. The van der Waals surface area contributed by atoms with Gasteiger partial charge in [0.15, 0.2) is 0 Å². The van der Waals surface area contributed by atoms with Crippen molar-refractivity contribution in [3.8, 4) is 0 Å². The van der Waals surface area contributed by atoms with Gasteiger partial charge in [0.25, 0.3) is 0 Å². The molecule has 0 amide bonds. The predicted molar refractivity (Wildman–Crippen MR) is 75.7 cm³/mol. The smallest absolute Gasteiger partial charge is 0.200 e. The van der Waals surface area contributed by atoms with Gasteiger partial charge in [0, 0.05) is 32.9 Å². The molecule has 0 aromatic rings. The van der Waals surface area contributed by atoms with Crippen molar-refractivity contribution in [1.82, 2.24) is 0 Å². The zero-order chi connectivity index (χ0) is 16.4. The van der Waals surface area contributed by atoms with Crippen LogP contribution in [0.1, 0.15) is 19.3 Å². The second-order valence-corrected chi connectivity index (χ2v) is 7.13. The molecule has 0 radical (unpaired) electrons. The Morgan fingerprint density at radius 1 is 0.950 bits per heavy atom. The Balaban J connectivity index is 5.21. The molecule has 0 rings (SSSR count). The van der Waals surface area contributed by atoms with Crippen LogP contribution >= 0.6 is 45.2 Å². The van der Waals surface area contributed by atoms with Crippen molar-refractivity contribution >= 4 is 45.2 Å². The number of allylic oxidation sites excluding steroid dienone is 1. The van der Waals surface area contributed by atoms with E-state index < -0.39 is 32.0 Å². The molecule has 1 unspecified atom stereocenters. The van der Waals surface area contributed by atoms with Gasteiger partial charge in [-0.1, -0.05) is 28.7 Å². The fraction of sp³-hybridized carbons (Fsp3) is 0.800. The summed E-state index contributed by atoms with van der Waals surface area (Å²) in [5.41, 5.74) is 0. The summed E-state index contributed by atoms with van der Waals surface area (Å²) in [6.45, 7) is 3.29. The van der Waals surface area contributed by atoms with Crippen LogP contribution in [-0.2, 0) is 0 Å². The first-order chi connectivity index (χ1) is 8.70. The first-order valence-corrected chi connectivity index (χ1v) is 7.48. The predicted octanol–water partition coefficient (Wildman–Crippen LogP) is 6.08. The van der Waals surface area contributed by atoms with E-state index in [0.29, 0.717) is 0 Å². The van der Waals surface area contributed by atoms with Crippen molar-refractivity contribution in [1.29, 1.82) is 0 Å².